The van der Waals surface area contributed by atoms with Gasteiger partial charge >= 0.3 is 6.01 Å². The zero-order chi connectivity index (χ0) is 10.1. The van der Waals surface area contributed by atoms with Gasteiger partial charge in [-0.05, 0) is 12.8 Å². The fourth-order valence-corrected chi connectivity index (χ4v) is 1.20. The maximum absolute atomic E-state index is 5.03. The smallest absolute Gasteiger partial charge is 0.322 e. The summed E-state index contributed by atoms with van der Waals surface area (Å²) in [7, 11) is 0. The van der Waals surface area contributed by atoms with Crippen molar-refractivity contribution in [2.24, 2.45) is 0 Å². The molecule has 0 aromatic carbocycles. The number of nitrogens with zero attached hydrogens (tertiary/aromatic N) is 4. The monoisotopic (exact) mass is 203 g/mol. The van der Waals surface area contributed by atoms with E-state index in [2.05, 4.69) is 25.4 Å². The van der Waals surface area contributed by atoms with Gasteiger partial charge in [-0.2, -0.15) is 4.98 Å². The Morgan fingerprint density at radius 2 is 2.27 bits per heavy atom. The fraction of sp³-hybridized carbons (Fsp3) is 0.333. The van der Waals surface area contributed by atoms with E-state index in [1.807, 2.05) is 0 Å². The van der Waals surface area contributed by atoms with Crippen molar-refractivity contribution in [2.75, 3.05) is 5.32 Å². The molecule has 2 aromatic heterocycles. The molecule has 0 atom stereocenters. The molecule has 0 spiro atoms. The minimum atomic E-state index is 0.457. The number of rotatable bonds is 3. The van der Waals surface area contributed by atoms with Crippen molar-refractivity contribution in [2.45, 2.75) is 18.9 Å². The van der Waals surface area contributed by atoms with E-state index in [4.69, 9.17) is 4.52 Å². The van der Waals surface area contributed by atoms with E-state index < -0.39 is 0 Å². The lowest BCUT2D eigenvalue weighted by Crippen LogP contribution is -2.00. The van der Waals surface area contributed by atoms with Crippen molar-refractivity contribution in [3.63, 3.8) is 0 Å². The van der Waals surface area contributed by atoms with Crippen molar-refractivity contribution in [1.82, 2.24) is 20.1 Å². The predicted octanol–water partition coefficient (Wildman–Crippen LogP) is 1.10. The van der Waals surface area contributed by atoms with E-state index in [0.717, 1.165) is 0 Å². The van der Waals surface area contributed by atoms with Crippen LogP contribution in [0.3, 0.4) is 0 Å². The molecule has 1 N–H and O–H groups in total. The topological polar surface area (TPSA) is 76.7 Å². The highest BCUT2D eigenvalue weighted by Crippen LogP contribution is 2.24. The van der Waals surface area contributed by atoms with Crippen LogP contribution in [0.25, 0.3) is 11.5 Å². The summed E-state index contributed by atoms with van der Waals surface area (Å²) in [4.78, 5) is 12.2. The molecule has 2 heterocycles. The fourth-order valence-electron chi connectivity index (χ4n) is 1.20. The third kappa shape index (κ3) is 1.78. The normalized spacial score (nSPS) is 15.2. The van der Waals surface area contributed by atoms with Gasteiger partial charge < -0.3 is 9.84 Å². The largest absolute Gasteiger partial charge is 0.335 e. The maximum Gasteiger partial charge on any atom is 0.322 e. The Morgan fingerprint density at radius 1 is 1.33 bits per heavy atom. The summed E-state index contributed by atoms with van der Waals surface area (Å²) in [5.74, 6) is 0.464. The van der Waals surface area contributed by atoms with Crippen LogP contribution in [-0.2, 0) is 0 Å². The molecule has 2 aromatic rings. The van der Waals surface area contributed by atoms with Crippen LogP contribution >= 0.6 is 0 Å². The first-order chi connectivity index (χ1) is 7.42. The van der Waals surface area contributed by atoms with Gasteiger partial charge in [0.05, 0.1) is 6.20 Å². The van der Waals surface area contributed by atoms with Crippen molar-refractivity contribution in [1.29, 1.82) is 0 Å². The molecule has 0 aliphatic heterocycles. The summed E-state index contributed by atoms with van der Waals surface area (Å²) in [6, 6.07) is 0.957. The van der Waals surface area contributed by atoms with E-state index in [0.29, 0.717) is 23.6 Å². The minimum absolute atomic E-state index is 0.457. The molecule has 1 fully saturated rings. The van der Waals surface area contributed by atoms with Gasteiger partial charge in [0, 0.05) is 18.4 Å². The molecule has 76 valence electrons. The summed E-state index contributed by atoms with van der Waals surface area (Å²) >= 11 is 0. The van der Waals surface area contributed by atoms with E-state index in [9.17, 15) is 0 Å². The van der Waals surface area contributed by atoms with Crippen molar-refractivity contribution < 1.29 is 4.52 Å². The zero-order valence-corrected chi connectivity index (χ0v) is 7.92. The molecular formula is C9H9N5O. The molecule has 15 heavy (non-hydrogen) atoms. The molecule has 0 saturated heterocycles. The number of aromatic nitrogens is 4. The minimum Gasteiger partial charge on any atom is -0.335 e. The van der Waals surface area contributed by atoms with Gasteiger partial charge in [0.15, 0.2) is 0 Å². The van der Waals surface area contributed by atoms with E-state index in [1.54, 1.807) is 18.6 Å². The number of nitrogens with one attached hydrogen (secondary N) is 1. The molecule has 3 rings (SSSR count). The first-order valence-corrected chi connectivity index (χ1v) is 4.78. The third-order valence-corrected chi connectivity index (χ3v) is 2.12. The first kappa shape index (κ1) is 8.34. The standard InChI is InChI=1S/C9H9N5O/c1-2-6(1)12-9-13-8(14-15-9)7-5-10-3-4-11-7/h3-6H,1-2H2,(H,12,13,14). The Balaban J connectivity index is 1.83. The Kier molecular flexibility index (Phi) is 1.84. The summed E-state index contributed by atoms with van der Waals surface area (Å²) in [5.41, 5.74) is 0.616. The van der Waals surface area contributed by atoms with Crippen LogP contribution in [0.5, 0.6) is 0 Å². The second kappa shape index (κ2) is 3.30. The van der Waals surface area contributed by atoms with Gasteiger partial charge in [0.1, 0.15) is 5.69 Å². The van der Waals surface area contributed by atoms with Crippen molar-refractivity contribution in [3.8, 4) is 11.5 Å². The van der Waals surface area contributed by atoms with Crippen LogP contribution in [-0.4, -0.2) is 26.2 Å². The second-order valence-electron chi connectivity index (χ2n) is 3.43. The average Bonchev–Trinajstić information content (AvgIpc) is 2.96. The molecule has 0 unspecified atom stereocenters. The van der Waals surface area contributed by atoms with Gasteiger partial charge in [-0.25, -0.2) is 4.98 Å². The van der Waals surface area contributed by atoms with Gasteiger partial charge in [-0.3, -0.25) is 4.98 Å². The van der Waals surface area contributed by atoms with Crippen LogP contribution < -0.4 is 5.32 Å². The van der Waals surface area contributed by atoms with Crippen LogP contribution in [0.15, 0.2) is 23.1 Å². The van der Waals surface area contributed by atoms with Gasteiger partial charge in [-0.15, -0.1) is 0 Å². The van der Waals surface area contributed by atoms with Crippen LogP contribution in [0, 0.1) is 0 Å². The highest BCUT2D eigenvalue weighted by Gasteiger charge is 2.23. The molecule has 1 aliphatic rings. The first-order valence-electron chi connectivity index (χ1n) is 4.78. The Hall–Kier alpha value is -1.98. The van der Waals surface area contributed by atoms with E-state index in [1.165, 1.54) is 12.8 Å². The van der Waals surface area contributed by atoms with E-state index >= 15 is 0 Å². The van der Waals surface area contributed by atoms with Gasteiger partial charge in [0.2, 0.25) is 5.82 Å². The van der Waals surface area contributed by atoms with Crippen LogP contribution in [0.1, 0.15) is 12.8 Å². The number of anilines is 1. The van der Waals surface area contributed by atoms with Crippen LogP contribution in [0.4, 0.5) is 6.01 Å². The number of hydrogen-bond acceptors (Lipinski definition) is 6. The maximum atomic E-state index is 5.03. The molecule has 0 amide bonds. The molecule has 0 radical (unpaired) electrons. The summed E-state index contributed by atoms with van der Waals surface area (Å²) in [5, 5.41) is 6.93. The molecule has 6 nitrogen and oxygen atoms in total. The lowest BCUT2D eigenvalue weighted by atomic mass is 10.4. The van der Waals surface area contributed by atoms with Crippen molar-refractivity contribution >= 4 is 6.01 Å². The van der Waals surface area contributed by atoms with Crippen molar-refractivity contribution in [3.05, 3.63) is 18.6 Å². The van der Waals surface area contributed by atoms with Gasteiger partial charge in [0.25, 0.3) is 0 Å². The molecule has 6 heteroatoms. The quantitative estimate of drug-likeness (QED) is 0.804. The Bertz CT molecular complexity index is 451. The molecule has 0 bridgehead atoms. The van der Waals surface area contributed by atoms with Crippen LogP contribution in [0.2, 0.25) is 0 Å². The highest BCUT2D eigenvalue weighted by atomic mass is 16.5. The highest BCUT2D eigenvalue weighted by molar-refractivity contribution is 5.47. The summed E-state index contributed by atoms with van der Waals surface area (Å²) in [6.45, 7) is 0. The summed E-state index contributed by atoms with van der Waals surface area (Å²) in [6.07, 6.45) is 7.14. The lowest BCUT2D eigenvalue weighted by molar-refractivity contribution is 0.431. The molecule has 1 aliphatic carbocycles. The van der Waals surface area contributed by atoms with E-state index in [-0.39, 0.29) is 0 Å². The zero-order valence-electron chi connectivity index (χ0n) is 7.92. The Labute approximate surface area is 85.8 Å². The predicted molar refractivity (Wildman–Crippen MR) is 52.0 cm³/mol. The number of hydrogen-bond donors (Lipinski definition) is 1. The molecule has 1 saturated carbocycles. The van der Waals surface area contributed by atoms with Gasteiger partial charge in [-0.1, -0.05) is 5.16 Å². The summed E-state index contributed by atoms with van der Waals surface area (Å²) < 4.78 is 5.03. The molecular weight excluding hydrogens is 194 g/mol. The lowest BCUT2D eigenvalue weighted by Gasteiger charge is -1.92. The Morgan fingerprint density at radius 3 is 3.00 bits per heavy atom. The SMILES string of the molecule is c1cnc(-c2noc(NC3CC3)n2)cn1. The second-order valence-corrected chi connectivity index (χ2v) is 3.43. The third-order valence-electron chi connectivity index (χ3n) is 2.12. The average molecular weight is 203 g/mol.